The number of methoxy groups -OCH3 is 1. The third-order valence-corrected chi connectivity index (χ3v) is 8.24. The summed E-state index contributed by atoms with van der Waals surface area (Å²) < 4.78 is 35.0. The van der Waals surface area contributed by atoms with Crippen LogP contribution in [0.4, 0.5) is 5.82 Å². The topological polar surface area (TPSA) is 211 Å². The third kappa shape index (κ3) is 6.11. The summed E-state index contributed by atoms with van der Waals surface area (Å²) in [6.07, 6.45) is -0.308. The van der Waals surface area contributed by atoms with Gasteiger partial charge in [-0.25, -0.2) is 4.68 Å². The van der Waals surface area contributed by atoms with E-state index in [4.69, 9.17) is 18.9 Å². The van der Waals surface area contributed by atoms with E-state index < -0.39 is 56.8 Å². The predicted molar refractivity (Wildman–Crippen MR) is 133 cm³/mol. The van der Waals surface area contributed by atoms with Crippen molar-refractivity contribution in [3.63, 3.8) is 0 Å². The summed E-state index contributed by atoms with van der Waals surface area (Å²) in [7, 11) is -3.47. The molecule has 2 aliphatic rings. The van der Waals surface area contributed by atoms with E-state index >= 15 is 0 Å². The first-order valence-corrected chi connectivity index (χ1v) is 14.1. The van der Waals surface area contributed by atoms with Gasteiger partial charge in [0.05, 0.1) is 30.9 Å². The maximum absolute atomic E-state index is 11.9. The number of ether oxygens (including phenoxy) is 4. The van der Waals surface area contributed by atoms with Gasteiger partial charge < -0.3 is 49.4 Å². The molecule has 1 aliphatic carbocycles. The molecule has 2 aromatic rings. The van der Waals surface area contributed by atoms with Crippen molar-refractivity contribution < 1.29 is 48.6 Å². The van der Waals surface area contributed by atoms with Gasteiger partial charge >= 0.3 is 13.6 Å². The van der Waals surface area contributed by atoms with E-state index in [0.29, 0.717) is 11.2 Å². The molecule has 16 heteroatoms. The second-order valence-electron chi connectivity index (χ2n) is 9.98. The molecule has 0 aromatic carbocycles. The maximum Gasteiger partial charge on any atom is 0.359 e. The van der Waals surface area contributed by atoms with Gasteiger partial charge in [-0.3, -0.25) is 4.57 Å². The van der Waals surface area contributed by atoms with Crippen LogP contribution >= 0.6 is 7.60 Å². The van der Waals surface area contributed by atoms with Gasteiger partial charge in [-0.05, 0) is 26.7 Å². The maximum atomic E-state index is 11.9. The first kappa shape index (κ1) is 29.1. The molecule has 1 saturated heterocycles. The number of fused-ring (bicyclic) bond motifs is 1. The molecule has 6 N–H and O–H groups in total. The summed E-state index contributed by atoms with van der Waals surface area (Å²) in [5, 5.41) is 37.4. The fourth-order valence-corrected chi connectivity index (χ4v) is 5.07. The fourth-order valence-electron chi connectivity index (χ4n) is 4.53. The number of aromatic nitrogens is 4. The average molecular weight is 562 g/mol. The number of rotatable bonds is 12. The standard InChI is InChI=1S/C22H36N5O10P/c1-12(28)9-35-21-25-18(24-13-6-4-5-7-13)14-8-23-27(19(14)26-21)20-17(30)16(29)15(37-20)10-36-22(2,11-34-3)38(31,32)33/h8,12-13,15-17,20,28-30H,4-7,9-11H2,1-3H3,(H,24,25,26)(H2,31,32,33)/t12-,15-,16-,17-,20-,22?/m1/s1. The largest absolute Gasteiger partial charge is 0.461 e. The van der Waals surface area contributed by atoms with Crippen LogP contribution < -0.4 is 10.1 Å². The molecule has 1 aliphatic heterocycles. The molecule has 3 heterocycles. The normalized spacial score (nSPS) is 27.1. The lowest BCUT2D eigenvalue weighted by molar-refractivity contribution is -0.107. The second kappa shape index (κ2) is 11.7. The van der Waals surface area contributed by atoms with Crippen LogP contribution in [0.2, 0.25) is 0 Å². The lowest BCUT2D eigenvalue weighted by atomic mass is 10.1. The molecule has 2 fully saturated rings. The van der Waals surface area contributed by atoms with Gasteiger partial charge in [0.25, 0.3) is 0 Å². The van der Waals surface area contributed by atoms with Gasteiger partial charge in [-0.1, -0.05) is 12.8 Å². The molecule has 0 radical (unpaired) electrons. The van der Waals surface area contributed by atoms with E-state index in [0.717, 1.165) is 25.7 Å². The van der Waals surface area contributed by atoms with Gasteiger partial charge in [0.1, 0.15) is 30.7 Å². The lowest BCUT2D eigenvalue weighted by Gasteiger charge is -2.31. The highest BCUT2D eigenvalue weighted by atomic mass is 31.2. The minimum atomic E-state index is -4.75. The van der Waals surface area contributed by atoms with E-state index in [2.05, 4.69) is 20.4 Å². The van der Waals surface area contributed by atoms with Crippen LogP contribution in [-0.4, -0.2) is 108 Å². The van der Waals surface area contributed by atoms with E-state index in [1.807, 2.05) is 0 Å². The van der Waals surface area contributed by atoms with E-state index in [9.17, 15) is 29.7 Å². The Bertz CT molecular complexity index is 1140. The lowest BCUT2D eigenvalue weighted by Crippen LogP contribution is -2.40. The van der Waals surface area contributed by atoms with Crippen molar-refractivity contribution in [3.8, 4) is 6.01 Å². The summed E-state index contributed by atoms with van der Waals surface area (Å²) >= 11 is 0. The number of hydrogen-bond donors (Lipinski definition) is 6. The summed E-state index contributed by atoms with van der Waals surface area (Å²) in [6, 6.07) is 0.207. The SMILES string of the molecule is COCC(C)(OC[C@H]1O[C@@H](n2ncc3c(NC4CCCC4)nc(OC[C@@H](C)O)nc32)[C@H](O)[C@@H]1O)P(=O)(O)O. The molecule has 0 spiro atoms. The first-order valence-electron chi connectivity index (χ1n) is 12.5. The molecule has 15 nitrogen and oxygen atoms in total. The molecule has 1 unspecified atom stereocenters. The van der Waals surface area contributed by atoms with Crippen LogP contribution in [0.3, 0.4) is 0 Å². The van der Waals surface area contributed by atoms with Crippen molar-refractivity contribution in [2.24, 2.45) is 0 Å². The molecule has 6 atom stereocenters. The van der Waals surface area contributed by atoms with Gasteiger partial charge in [0.2, 0.25) is 0 Å². The second-order valence-corrected chi connectivity index (χ2v) is 12.0. The number of nitrogens with zero attached hydrogens (tertiary/aromatic N) is 4. The van der Waals surface area contributed by atoms with Crippen LogP contribution in [0.5, 0.6) is 6.01 Å². The van der Waals surface area contributed by atoms with E-state index in [1.54, 1.807) is 6.92 Å². The number of nitrogens with one attached hydrogen (secondary N) is 1. The van der Waals surface area contributed by atoms with Crippen molar-refractivity contribution in [1.82, 2.24) is 19.7 Å². The van der Waals surface area contributed by atoms with Crippen LogP contribution in [0, 0.1) is 0 Å². The van der Waals surface area contributed by atoms with Gasteiger partial charge in [0, 0.05) is 13.2 Å². The average Bonchev–Trinajstić information content (AvgIpc) is 3.57. The summed E-state index contributed by atoms with van der Waals surface area (Å²) in [4.78, 5) is 28.3. The molecule has 0 amide bonds. The Morgan fingerprint density at radius 2 is 1.97 bits per heavy atom. The Kier molecular flexibility index (Phi) is 8.91. The number of aliphatic hydroxyl groups is 3. The summed E-state index contributed by atoms with van der Waals surface area (Å²) in [6.45, 7) is 1.88. The van der Waals surface area contributed by atoms with Crippen LogP contribution in [0.25, 0.3) is 11.0 Å². The smallest absolute Gasteiger partial charge is 0.359 e. The number of hydrogen-bond acceptors (Lipinski definition) is 12. The Morgan fingerprint density at radius 1 is 1.26 bits per heavy atom. The van der Waals surface area contributed by atoms with E-state index in [1.165, 1.54) is 24.9 Å². The zero-order valence-corrected chi connectivity index (χ0v) is 22.4. The minimum absolute atomic E-state index is 0.00876. The molecular weight excluding hydrogens is 525 g/mol. The van der Waals surface area contributed by atoms with Crippen LogP contribution in [0.1, 0.15) is 45.8 Å². The Labute approximate surface area is 219 Å². The Balaban J connectivity index is 1.60. The molecule has 2 aromatic heterocycles. The first-order chi connectivity index (χ1) is 17.9. The van der Waals surface area contributed by atoms with Crippen molar-refractivity contribution in [2.45, 2.75) is 81.6 Å². The predicted octanol–water partition coefficient (Wildman–Crippen LogP) is 0.117. The molecule has 214 valence electrons. The summed E-state index contributed by atoms with van der Waals surface area (Å²) in [5.41, 5.74) is 0.262. The number of aliphatic hydroxyl groups excluding tert-OH is 3. The van der Waals surface area contributed by atoms with Gasteiger partial charge in [-0.15, -0.1) is 0 Å². The highest BCUT2D eigenvalue weighted by Gasteiger charge is 2.49. The third-order valence-electron chi connectivity index (χ3n) is 6.75. The fraction of sp³-hybridized carbons (Fsp3) is 0.773. The van der Waals surface area contributed by atoms with Crippen LogP contribution in [-0.2, 0) is 18.8 Å². The van der Waals surface area contributed by atoms with E-state index in [-0.39, 0.29) is 24.3 Å². The summed E-state index contributed by atoms with van der Waals surface area (Å²) in [5.74, 6) is 0.485. The zero-order chi connectivity index (χ0) is 27.7. The van der Waals surface area contributed by atoms with Gasteiger partial charge in [0.15, 0.2) is 17.2 Å². The minimum Gasteiger partial charge on any atom is -0.461 e. The molecular formula is C22H36N5O10P. The monoisotopic (exact) mass is 561 g/mol. The molecule has 0 bridgehead atoms. The molecule has 38 heavy (non-hydrogen) atoms. The Morgan fingerprint density at radius 3 is 2.61 bits per heavy atom. The quantitative estimate of drug-likeness (QED) is 0.190. The van der Waals surface area contributed by atoms with Gasteiger partial charge in [-0.2, -0.15) is 15.1 Å². The van der Waals surface area contributed by atoms with Crippen LogP contribution in [0.15, 0.2) is 6.20 Å². The highest BCUT2D eigenvalue weighted by molar-refractivity contribution is 7.53. The van der Waals surface area contributed by atoms with Crippen molar-refractivity contribution in [3.05, 3.63) is 6.20 Å². The number of anilines is 1. The molecule has 1 saturated carbocycles. The zero-order valence-electron chi connectivity index (χ0n) is 21.5. The molecule has 4 rings (SSSR count). The van der Waals surface area contributed by atoms with Crippen molar-refractivity contribution in [1.29, 1.82) is 0 Å². The Hall–Kier alpha value is -1.94. The highest BCUT2D eigenvalue weighted by Crippen LogP contribution is 2.51. The van der Waals surface area contributed by atoms with Crippen molar-refractivity contribution in [2.75, 3.05) is 32.2 Å². The van der Waals surface area contributed by atoms with Crippen molar-refractivity contribution >= 4 is 24.4 Å².